The van der Waals surface area contributed by atoms with Gasteiger partial charge in [-0.25, -0.2) is 0 Å². The molecule has 1 aliphatic heterocycles. The zero-order chi connectivity index (χ0) is 21.1. The Labute approximate surface area is 193 Å². The molecule has 7 heteroatoms. The number of nitrogens with zero attached hydrogens (tertiary/aromatic N) is 1. The quantitative estimate of drug-likeness (QED) is 0.390. The van der Waals surface area contributed by atoms with E-state index in [-0.39, 0.29) is 12.7 Å². The first-order valence-corrected chi connectivity index (χ1v) is 10.9. The van der Waals surface area contributed by atoms with Crippen LogP contribution in [0.4, 0.5) is 0 Å². The molecule has 3 aromatic carbocycles. The molecule has 0 atom stereocenters. The molecule has 0 radical (unpaired) electrons. The van der Waals surface area contributed by atoms with Crippen LogP contribution in [-0.2, 0) is 13.0 Å². The summed E-state index contributed by atoms with van der Waals surface area (Å²) in [6.45, 7) is 1.16. The van der Waals surface area contributed by atoms with Gasteiger partial charge in [-0.1, -0.05) is 57.3 Å². The summed E-state index contributed by atoms with van der Waals surface area (Å²) in [7, 11) is 0. The second-order valence-electron chi connectivity index (χ2n) is 6.91. The number of rotatable bonds is 6. The minimum Gasteiger partial charge on any atom is -0.454 e. The van der Waals surface area contributed by atoms with Gasteiger partial charge >= 0.3 is 0 Å². The van der Waals surface area contributed by atoms with Gasteiger partial charge in [0.2, 0.25) is 6.79 Å². The zero-order valence-electron chi connectivity index (χ0n) is 15.9. The number of carbonyl (C=O) groups excluding carboxylic acids is 1. The van der Waals surface area contributed by atoms with Crippen molar-refractivity contribution in [3.05, 3.63) is 91.9 Å². The van der Waals surface area contributed by atoms with Gasteiger partial charge in [0.25, 0.3) is 5.91 Å². The van der Waals surface area contributed by atoms with Crippen LogP contribution < -0.4 is 9.47 Å². The van der Waals surface area contributed by atoms with E-state index < -0.39 is 0 Å². The number of hydrogen-bond donors (Lipinski definition) is 0. The molecule has 1 aliphatic rings. The molecule has 30 heavy (non-hydrogen) atoms. The van der Waals surface area contributed by atoms with Crippen molar-refractivity contribution >= 4 is 45.0 Å². The van der Waals surface area contributed by atoms with Crippen molar-refractivity contribution in [2.75, 3.05) is 13.3 Å². The predicted molar refractivity (Wildman–Crippen MR) is 122 cm³/mol. The van der Waals surface area contributed by atoms with Gasteiger partial charge in [0.1, 0.15) is 0 Å². The Morgan fingerprint density at radius 1 is 1.00 bits per heavy atom. The molecule has 0 N–H and O–H groups in total. The minimum absolute atomic E-state index is 0.0564. The van der Waals surface area contributed by atoms with Gasteiger partial charge in [-0.3, -0.25) is 4.79 Å². The Bertz CT molecular complexity index is 1090. The highest BCUT2D eigenvalue weighted by molar-refractivity contribution is 9.10. The number of fused-ring (bicyclic) bond motifs is 1. The molecule has 0 bridgehead atoms. The van der Waals surface area contributed by atoms with E-state index in [1.807, 2.05) is 53.4 Å². The monoisotopic (exact) mass is 505 g/mol. The highest BCUT2D eigenvalue weighted by Gasteiger charge is 2.19. The maximum Gasteiger partial charge on any atom is 0.254 e. The lowest BCUT2D eigenvalue weighted by atomic mass is 10.1. The molecule has 0 saturated heterocycles. The third-order valence-corrected chi connectivity index (χ3v) is 5.92. The van der Waals surface area contributed by atoms with Crippen LogP contribution in [0.15, 0.2) is 65.1 Å². The van der Waals surface area contributed by atoms with E-state index in [0.717, 1.165) is 21.3 Å². The molecule has 0 aliphatic carbocycles. The summed E-state index contributed by atoms with van der Waals surface area (Å²) in [6.07, 6.45) is 0.611. The highest BCUT2D eigenvalue weighted by atomic mass is 79.9. The maximum atomic E-state index is 13.3. The lowest BCUT2D eigenvalue weighted by Gasteiger charge is -2.24. The molecule has 0 aromatic heterocycles. The predicted octanol–water partition coefficient (Wildman–Crippen LogP) is 6.37. The molecular weight excluding hydrogens is 489 g/mol. The van der Waals surface area contributed by atoms with Crippen LogP contribution in [0.25, 0.3) is 0 Å². The number of benzene rings is 3. The molecular formula is C23H18BrCl2NO3. The van der Waals surface area contributed by atoms with Gasteiger partial charge < -0.3 is 14.4 Å². The summed E-state index contributed by atoms with van der Waals surface area (Å²) in [6, 6.07) is 18.5. The average molecular weight is 507 g/mol. The Hall–Kier alpha value is -2.21. The van der Waals surface area contributed by atoms with Crippen LogP contribution in [0.1, 0.15) is 21.5 Å². The van der Waals surface area contributed by atoms with Gasteiger partial charge in [-0.05, 0) is 60.0 Å². The van der Waals surface area contributed by atoms with E-state index in [0.29, 0.717) is 40.9 Å². The number of hydrogen-bond acceptors (Lipinski definition) is 3. The van der Waals surface area contributed by atoms with Gasteiger partial charge in [-0.2, -0.15) is 0 Å². The first-order chi connectivity index (χ1) is 14.5. The van der Waals surface area contributed by atoms with E-state index in [1.54, 1.807) is 12.1 Å². The fraction of sp³-hybridized carbons (Fsp3) is 0.174. The summed E-state index contributed by atoms with van der Waals surface area (Å²) < 4.78 is 11.7. The van der Waals surface area contributed by atoms with Crippen molar-refractivity contribution in [2.45, 2.75) is 13.0 Å². The summed E-state index contributed by atoms with van der Waals surface area (Å²) in [5, 5.41) is 1.19. The Kier molecular flexibility index (Phi) is 6.52. The highest BCUT2D eigenvalue weighted by Crippen LogP contribution is 2.33. The van der Waals surface area contributed by atoms with E-state index in [4.69, 9.17) is 32.7 Å². The standard InChI is InChI=1S/C23H18BrCl2NO3/c24-18-3-1-2-17(11-18)23(28)27(9-8-16-5-6-19(25)12-20(16)26)13-15-4-7-21-22(10-15)30-14-29-21/h1-7,10-12H,8-9,13-14H2. The van der Waals surface area contributed by atoms with Crippen molar-refractivity contribution < 1.29 is 14.3 Å². The first kappa shape index (κ1) is 21.0. The smallest absolute Gasteiger partial charge is 0.254 e. The van der Waals surface area contributed by atoms with Crippen LogP contribution in [-0.4, -0.2) is 24.1 Å². The van der Waals surface area contributed by atoms with E-state index in [2.05, 4.69) is 15.9 Å². The molecule has 1 heterocycles. The third-order valence-electron chi connectivity index (χ3n) is 4.84. The second kappa shape index (κ2) is 9.29. The van der Waals surface area contributed by atoms with Crippen LogP contribution in [0.3, 0.4) is 0 Å². The molecule has 0 unspecified atom stereocenters. The molecule has 0 fully saturated rings. The summed E-state index contributed by atoms with van der Waals surface area (Å²) in [4.78, 5) is 15.1. The SMILES string of the molecule is O=C(c1cccc(Br)c1)N(CCc1ccc(Cl)cc1Cl)Cc1ccc2c(c1)OCO2. The normalized spacial score (nSPS) is 12.1. The van der Waals surface area contributed by atoms with Crippen LogP contribution >= 0.6 is 39.1 Å². The van der Waals surface area contributed by atoms with Crippen molar-refractivity contribution in [2.24, 2.45) is 0 Å². The lowest BCUT2D eigenvalue weighted by Crippen LogP contribution is -2.32. The van der Waals surface area contributed by atoms with Gasteiger partial charge in [0.15, 0.2) is 11.5 Å². The van der Waals surface area contributed by atoms with E-state index >= 15 is 0 Å². The number of halogens is 3. The topological polar surface area (TPSA) is 38.8 Å². The van der Waals surface area contributed by atoms with Crippen molar-refractivity contribution in [3.8, 4) is 11.5 Å². The Balaban J connectivity index is 1.57. The molecule has 3 aromatic rings. The Morgan fingerprint density at radius 3 is 2.63 bits per heavy atom. The van der Waals surface area contributed by atoms with Crippen molar-refractivity contribution in [1.29, 1.82) is 0 Å². The number of amides is 1. The summed E-state index contributed by atoms with van der Waals surface area (Å²) >= 11 is 15.8. The van der Waals surface area contributed by atoms with Gasteiger partial charge in [0, 0.05) is 33.2 Å². The van der Waals surface area contributed by atoms with Crippen LogP contribution in [0.5, 0.6) is 11.5 Å². The minimum atomic E-state index is -0.0564. The summed E-state index contributed by atoms with van der Waals surface area (Å²) in [5.41, 5.74) is 2.52. The average Bonchev–Trinajstić information content (AvgIpc) is 3.19. The van der Waals surface area contributed by atoms with Gasteiger partial charge in [0.05, 0.1) is 0 Å². The maximum absolute atomic E-state index is 13.3. The van der Waals surface area contributed by atoms with E-state index in [9.17, 15) is 4.79 Å². The second-order valence-corrected chi connectivity index (χ2v) is 8.67. The summed E-state index contributed by atoms with van der Waals surface area (Å²) in [5.74, 6) is 1.36. The molecule has 0 saturated carbocycles. The molecule has 1 amide bonds. The molecule has 4 nitrogen and oxygen atoms in total. The number of carbonyl (C=O) groups is 1. The Morgan fingerprint density at radius 2 is 1.83 bits per heavy atom. The number of ether oxygens (including phenoxy) is 2. The molecule has 4 rings (SSSR count). The van der Waals surface area contributed by atoms with Crippen LogP contribution in [0, 0.1) is 0 Å². The first-order valence-electron chi connectivity index (χ1n) is 9.37. The largest absolute Gasteiger partial charge is 0.454 e. The molecule has 0 spiro atoms. The van der Waals surface area contributed by atoms with Crippen LogP contribution in [0.2, 0.25) is 10.0 Å². The zero-order valence-corrected chi connectivity index (χ0v) is 19.0. The lowest BCUT2D eigenvalue weighted by molar-refractivity contribution is 0.0745. The third kappa shape index (κ3) is 4.91. The van der Waals surface area contributed by atoms with Crippen molar-refractivity contribution in [1.82, 2.24) is 4.90 Å². The van der Waals surface area contributed by atoms with Crippen molar-refractivity contribution in [3.63, 3.8) is 0 Å². The fourth-order valence-corrected chi connectivity index (χ4v) is 4.20. The van der Waals surface area contributed by atoms with Gasteiger partial charge in [-0.15, -0.1) is 0 Å². The molecule has 154 valence electrons. The fourth-order valence-electron chi connectivity index (χ4n) is 3.30. The van der Waals surface area contributed by atoms with E-state index in [1.165, 1.54) is 0 Å².